The fraction of sp³-hybridized carbons (Fsp3) is 0.632. The standard InChI is InChI=1S/C19H30F2N4O3/c1-12(2)6-14(25(4)5)10-24-19(22-3)23-9-13-7-16-17(27-11-26-16)8-15(13)28-18(20)21/h7-8,12,14,18H,6,9-11H2,1-5H3,(H2,22,23,24). The van der Waals surface area contributed by atoms with Gasteiger partial charge >= 0.3 is 6.61 Å². The molecular formula is C19H30F2N4O3. The van der Waals surface area contributed by atoms with Crippen LogP contribution < -0.4 is 24.8 Å². The number of likely N-dealkylation sites (N-methyl/N-ethyl adjacent to an activating group) is 1. The number of hydrogen-bond donors (Lipinski definition) is 2. The van der Waals surface area contributed by atoms with Crippen LogP contribution in [0.15, 0.2) is 17.1 Å². The zero-order valence-corrected chi connectivity index (χ0v) is 17.1. The second-order valence-corrected chi connectivity index (χ2v) is 7.25. The summed E-state index contributed by atoms with van der Waals surface area (Å²) in [7, 11) is 5.76. The first-order valence-electron chi connectivity index (χ1n) is 9.28. The van der Waals surface area contributed by atoms with E-state index >= 15 is 0 Å². The summed E-state index contributed by atoms with van der Waals surface area (Å²) in [6.07, 6.45) is 1.05. The van der Waals surface area contributed by atoms with Crippen LogP contribution in [0, 0.1) is 5.92 Å². The van der Waals surface area contributed by atoms with Gasteiger partial charge in [-0.05, 0) is 32.5 Å². The van der Waals surface area contributed by atoms with Crippen molar-refractivity contribution in [1.29, 1.82) is 0 Å². The van der Waals surface area contributed by atoms with Crippen molar-refractivity contribution in [3.05, 3.63) is 17.7 Å². The molecule has 7 nitrogen and oxygen atoms in total. The van der Waals surface area contributed by atoms with E-state index < -0.39 is 6.61 Å². The van der Waals surface area contributed by atoms with Crippen LogP contribution in [-0.2, 0) is 6.54 Å². The highest BCUT2D eigenvalue weighted by atomic mass is 19.3. The number of aliphatic imine (C=N–C) groups is 1. The van der Waals surface area contributed by atoms with Gasteiger partial charge in [0.25, 0.3) is 0 Å². The van der Waals surface area contributed by atoms with Gasteiger partial charge in [-0.1, -0.05) is 13.8 Å². The number of nitrogens with one attached hydrogen (secondary N) is 2. The number of halogens is 2. The van der Waals surface area contributed by atoms with Crippen LogP contribution in [-0.4, -0.2) is 58.0 Å². The third kappa shape index (κ3) is 6.40. The largest absolute Gasteiger partial charge is 0.454 e. The summed E-state index contributed by atoms with van der Waals surface area (Å²) in [6, 6.07) is 3.41. The van der Waals surface area contributed by atoms with E-state index in [0.29, 0.717) is 41.5 Å². The normalized spacial score (nSPS) is 14.7. The van der Waals surface area contributed by atoms with Crippen LogP contribution in [0.25, 0.3) is 0 Å². The van der Waals surface area contributed by atoms with Crippen LogP contribution in [0.4, 0.5) is 8.78 Å². The molecule has 9 heteroatoms. The minimum absolute atomic E-state index is 0.0492. The Morgan fingerprint density at radius 3 is 2.46 bits per heavy atom. The summed E-state index contributed by atoms with van der Waals surface area (Å²) in [4.78, 5) is 6.38. The van der Waals surface area contributed by atoms with E-state index in [-0.39, 0.29) is 19.1 Å². The Balaban J connectivity index is 2.01. The molecule has 2 N–H and O–H groups in total. The maximum atomic E-state index is 12.8. The SMILES string of the molecule is CN=C(NCc1cc2c(cc1OC(F)F)OCO2)NCC(CC(C)C)N(C)C. The van der Waals surface area contributed by atoms with Crippen molar-refractivity contribution < 1.29 is 23.0 Å². The monoisotopic (exact) mass is 400 g/mol. The molecule has 1 unspecified atom stereocenters. The Labute approximate surface area is 165 Å². The van der Waals surface area contributed by atoms with Crippen molar-refractivity contribution in [3.8, 4) is 17.2 Å². The highest BCUT2D eigenvalue weighted by Crippen LogP contribution is 2.38. The Bertz CT molecular complexity index is 669. The van der Waals surface area contributed by atoms with Gasteiger partial charge in [-0.3, -0.25) is 4.99 Å². The fourth-order valence-electron chi connectivity index (χ4n) is 2.94. The molecule has 0 spiro atoms. The fourth-order valence-corrected chi connectivity index (χ4v) is 2.94. The molecular weight excluding hydrogens is 370 g/mol. The molecule has 1 aromatic rings. The van der Waals surface area contributed by atoms with Gasteiger partial charge in [-0.15, -0.1) is 0 Å². The number of fused-ring (bicyclic) bond motifs is 1. The molecule has 2 rings (SSSR count). The van der Waals surface area contributed by atoms with E-state index in [0.717, 1.165) is 6.42 Å². The lowest BCUT2D eigenvalue weighted by atomic mass is 10.0. The molecule has 0 fully saturated rings. The zero-order valence-electron chi connectivity index (χ0n) is 17.1. The van der Waals surface area contributed by atoms with Gasteiger partial charge in [-0.2, -0.15) is 8.78 Å². The Hall–Kier alpha value is -2.29. The van der Waals surface area contributed by atoms with Gasteiger partial charge in [-0.25, -0.2) is 0 Å². The average Bonchev–Trinajstić information content (AvgIpc) is 3.06. The predicted molar refractivity (Wildman–Crippen MR) is 104 cm³/mol. The quantitative estimate of drug-likeness (QED) is 0.491. The lowest BCUT2D eigenvalue weighted by Gasteiger charge is -2.27. The zero-order chi connectivity index (χ0) is 20.7. The van der Waals surface area contributed by atoms with Gasteiger partial charge in [0.2, 0.25) is 6.79 Å². The number of rotatable bonds is 9. The first-order valence-corrected chi connectivity index (χ1v) is 9.28. The molecule has 1 aromatic carbocycles. The number of benzene rings is 1. The van der Waals surface area contributed by atoms with Crippen LogP contribution in [0.1, 0.15) is 25.8 Å². The summed E-state index contributed by atoms with van der Waals surface area (Å²) < 4.78 is 40.7. The van der Waals surface area contributed by atoms with Crippen molar-refractivity contribution in [2.24, 2.45) is 10.9 Å². The maximum absolute atomic E-state index is 12.8. The summed E-state index contributed by atoms with van der Waals surface area (Å²) in [5.41, 5.74) is 0.527. The van der Waals surface area contributed by atoms with Gasteiger partial charge < -0.3 is 29.7 Å². The average molecular weight is 400 g/mol. The molecule has 158 valence electrons. The number of nitrogens with zero attached hydrogens (tertiary/aromatic N) is 2. The molecule has 1 aliphatic heterocycles. The van der Waals surface area contributed by atoms with E-state index in [1.807, 2.05) is 14.1 Å². The number of hydrogen-bond acceptors (Lipinski definition) is 5. The first-order chi connectivity index (χ1) is 13.3. The summed E-state index contributed by atoms with van der Waals surface area (Å²) in [5, 5.41) is 6.43. The van der Waals surface area contributed by atoms with Gasteiger partial charge in [0.1, 0.15) is 5.75 Å². The highest BCUT2D eigenvalue weighted by Gasteiger charge is 2.20. The molecule has 0 saturated heterocycles. The van der Waals surface area contributed by atoms with E-state index in [1.165, 1.54) is 6.07 Å². The summed E-state index contributed by atoms with van der Waals surface area (Å²) in [6.45, 7) is 2.47. The molecule has 0 radical (unpaired) electrons. The molecule has 0 amide bonds. The van der Waals surface area contributed by atoms with Crippen LogP contribution >= 0.6 is 0 Å². The van der Waals surface area contributed by atoms with Crippen molar-refractivity contribution in [2.45, 2.75) is 39.5 Å². The molecule has 0 aromatic heterocycles. The van der Waals surface area contributed by atoms with Crippen LogP contribution in [0.5, 0.6) is 17.2 Å². The summed E-state index contributed by atoms with van der Waals surface area (Å²) >= 11 is 0. The molecule has 28 heavy (non-hydrogen) atoms. The minimum Gasteiger partial charge on any atom is -0.454 e. The molecule has 1 heterocycles. The molecule has 0 bridgehead atoms. The predicted octanol–water partition coefficient (Wildman–Crippen LogP) is 2.66. The van der Waals surface area contributed by atoms with Gasteiger partial charge in [0.05, 0.1) is 0 Å². The maximum Gasteiger partial charge on any atom is 0.387 e. The Morgan fingerprint density at radius 1 is 1.21 bits per heavy atom. The van der Waals surface area contributed by atoms with Gasteiger partial charge in [0, 0.05) is 37.8 Å². The number of alkyl halides is 2. The lowest BCUT2D eigenvalue weighted by Crippen LogP contribution is -2.45. The Morgan fingerprint density at radius 2 is 1.89 bits per heavy atom. The third-order valence-corrected chi connectivity index (χ3v) is 4.42. The van der Waals surface area contributed by atoms with E-state index in [9.17, 15) is 8.78 Å². The molecule has 0 saturated carbocycles. The minimum atomic E-state index is -2.92. The van der Waals surface area contributed by atoms with Crippen molar-refractivity contribution >= 4 is 5.96 Å². The van der Waals surface area contributed by atoms with Gasteiger partial charge in [0.15, 0.2) is 17.5 Å². The molecule has 0 aliphatic carbocycles. The smallest absolute Gasteiger partial charge is 0.387 e. The van der Waals surface area contributed by atoms with E-state index in [4.69, 9.17) is 9.47 Å². The van der Waals surface area contributed by atoms with E-state index in [1.54, 1.807) is 13.1 Å². The molecule has 1 aliphatic rings. The third-order valence-electron chi connectivity index (χ3n) is 4.42. The second-order valence-electron chi connectivity index (χ2n) is 7.25. The lowest BCUT2D eigenvalue weighted by molar-refractivity contribution is -0.0505. The second kappa shape index (κ2) is 10.3. The highest BCUT2D eigenvalue weighted by molar-refractivity contribution is 5.79. The Kier molecular flexibility index (Phi) is 8.10. The van der Waals surface area contributed by atoms with Crippen LogP contribution in [0.2, 0.25) is 0 Å². The number of guanidine groups is 1. The summed E-state index contributed by atoms with van der Waals surface area (Å²) in [5.74, 6) is 2.10. The topological polar surface area (TPSA) is 67.4 Å². The number of ether oxygens (including phenoxy) is 3. The van der Waals surface area contributed by atoms with E-state index in [2.05, 4.69) is 39.1 Å². The van der Waals surface area contributed by atoms with Crippen molar-refractivity contribution in [2.75, 3.05) is 34.5 Å². The molecule has 1 atom stereocenters. The first kappa shape index (κ1) is 22.0. The van der Waals surface area contributed by atoms with Crippen molar-refractivity contribution in [3.63, 3.8) is 0 Å². The van der Waals surface area contributed by atoms with Crippen LogP contribution in [0.3, 0.4) is 0 Å². The van der Waals surface area contributed by atoms with Crippen molar-refractivity contribution in [1.82, 2.24) is 15.5 Å².